The zero-order valence-corrected chi connectivity index (χ0v) is 8.95. The first kappa shape index (κ1) is 9.33. The van der Waals surface area contributed by atoms with Crippen LogP contribution >= 0.6 is 0 Å². The lowest BCUT2D eigenvalue weighted by atomic mass is 10.0. The summed E-state index contributed by atoms with van der Waals surface area (Å²) in [5.74, 6) is 0.361. The van der Waals surface area contributed by atoms with Gasteiger partial charge in [0.1, 0.15) is 0 Å². The molecule has 2 N–H and O–H groups in total. The van der Waals surface area contributed by atoms with E-state index in [1.54, 1.807) is 6.20 Å². The number of carbonyl (C=O) groups excluding carboxylic acids is 1. The second-order valence-electron chi connectivity index (χ2n) is 4.20. The highest BCUT2D eigenvalue weighted by Gasteiger charge is 2.35. The fraction of sp³-hybridized carbons (Fsp3) is 0.364. The molecule has 0 spiro atoms. The normalized spacial score (nSPS) is 22.4. The Labute approximate surface area is 92.6 Å². The molecule has 0 atom stereocenters. The maximum Gasteiger partial charge on any atom is 0.273 e. The van der Waals surface area contributed by atoms with Crippen molar-refractivity contribution in [2.24, 2.45) is 11.0 Å². The SMILES string of the molecule is Cc1n[nH]cc1/C=C1/C(=O)NN=C1C1CC1. The molecule has 82 valence electrons. The van der Waals surface area contributed by atoms with Crippen molar-refractivity contribution in [3.8, 4) is 0 Å². The summed E-state index contributed by atoms with van der Waals surface area (Å²) < 4.78 is 0. The topological polar surface area (TPSA) is 70.1 Å². The summed E-state index contributed by atoms with van der Waals surface area (Å²) in [6.45, 7) is 1.91. The maximum atomic E-state index is 11.6. The molecule has 2 aliphatic rings. The van der Waals surface area contributed by atoms with E-state index in [2.05, 4.69) is 20.7 Å². The fourth-order valence-electron chi connectivity index (χ4n) is 1.82. The van der Waals surface area contributed by atoms with E-state index >= 15 is 0 Å². The monoisotopic (exact) mass is 216 g/mol. The van der Waals surface area contributed by atoms with Gasteiger partial charge < -0.3 is 0 Å². The molecule has 2 heterocycles. The average molecular weight is 216 g/mol. The molecule has 1 aromatic rings. The van der Waals surface area contributed by atoms with Crippen LogP contribution in [-0.4, -0.2) is 21.8 Å². The first-order chi connectivity index (χ1) is 7.75. The molecule has 3 rings (SSSR count). The molecule has 0 saturated heterocycles. The van der Waals surface area contributed by atoms with Crippen molar-refractivity contribution < 1.29 is 4.79 Å². The molecule has 1 aliphatic carbocycles. The minimum atomic E-state index is -0.109. The fourth-order valence-corrected chi connectivity index (χ4v) is 1.82. The Morgan fingerprint density at radius 3 is 2.94 bits per heavy atom. The summed E-state index contributed by atoms with van der Waals surface area (Å²) in [5.41, 5.74) is 5.95. The number of hydrogen-bond donors (Lipinski definition) is 2. The van der Waals surface area contributed by atoms with Crippen molar-refractivity contribution in [1.82, 2.24) is 15.6 Å². The van der Waals surface area contributed by atoms with Gasteiger partial charge in [-0.15, -0.1) is 0 Å². The van der Waals surface area contributed by atoms with Crippen LogP contribution in [0.15, 0.2) is 16.9 Å². The van der Waals surface area contributed by atoms with E-state index in [0.29, 0.717) is 11.5 Å². The van der Waals surface area contributed by atoms with Crippen LogP contribution in [0.3, 0.4) is 0 Å². The van der Waals surface area contributed by atoms with Crippen LogP contribution in [0.25, 0.3) is 6.08 Å². The number of H-pyrrole nitrogens is 1. The molecule has 5 nitrogen and oxygen atoms in total. The van der Waals surface area contributed by atoms with E-state index in [0.717, 1.165) is 29.8 Å². The van der Waals surface area contributed by atoms with Crippen LogP contribution in [0.4, 0.5) is 0 Å². The number of aryl methyl sites for hydroxylation is 1. The van der Waals surface area contributed by atoms with Gasteiger partial charge in [-0.05, 0) is 25.8 Å². The van der Waals surface area contributed by atoms with Gasteiger partial charge in [0.15, 0.2) is 0 Å². The molecule has 1 amide bonds. The largest absolute Gasteiger partial charge is 0.285 e. The molecule has 16 heavy (non-hydrogen) atoms. The van der Waals surface area contributed by atoms with Gasteiger partial charge in [-0.1, -0.05) is 0 Å². The van der Waals surface area contributed by atoms with Crippen molar-refractivity contribution >= 4 is 17.7 Å². The summed E-state index contributed by atoms with van der Waals surface area (Å²) in [7, 11) is 0. The van der Waals surface area contributed by atoms with Crippen molar-refractivity contribution in [2.75, 3.05) is 0 Å². The molecule has 0 aromatic carbocycles. The van der Waals surface area contributed by atoms with Crippen LogP contribution in [0.2, 0.25) is 0 Å². The minimum Gasteiger partial charge on any atom is -0.285 e. The number of aromatic amines is 1. The lowest BCUT2D eigenvalue weighted by Crippen LogP contribution is -2.13. The van der Waals surface area contributed by atoms with Crippen LogP contribution in [-0.2, 0) is 4.79 Å². The average Bonchev–Trinajstić information content (AvgIpc) is 2.94. The lowest BCUT2D eigenvalue weighted by Gasteiger charge is -1.97. The number of hydrogen-bond acceptors (Lipinski definition) is 3. The number of nitrogens with one attached hydrogen (secondary N) is 2. The van der Waals surface area contributed by atoms with Crippen LogP contribution in [0.5, 0.6) is 0 Å². The second kappa shape index (κ2) is 3.30. The molecule has 0 bridgehead atoms. The molecule has 0 unspecified atom stereocenters. The third-order valence-electron chi connectivity index (χ3n) is 2.93. The van der Waals surface area contributed by atoms with E-state index in [-0.39, 0.29) is 5.91 Å². The molecule has 1 fully saturated rings. The lowest BCUT2D eigenvalue weighted by molar-refractivity contribution is -0.116. The number of rotatable bonds is 2. The van der Waals surface area contributed by atoms with Crippen molar-refractivity contribution in [3.05, 3.63) is 23.0 Å². The Morgan fingerprint density at radius 2 is 2.31 bits per heavy atom. The standard InChI is InChI=1S/C11H12N4O/c1-6-8(5-12-13-6)4-9-10(7-2-3-7)14-15-11(9)16/h4-5,7H,2-3H2,1H3,(H,12,13)(H,15,16)/b9-4+. The van der Waals surface area contributed by atoms with Crippen LogP contribution < -0.4 is 5.43 Å². The zero-order valence-electron chi connectivity index (χ0n) is 8.95. The molecule has 0 radical (unpaired) electrons. The molecular formula is C11H12N4O. The predicted molar refractivity (Wildman–Crippen MR) is 59.6 cm³/mol. The first-order valence-electron chi connectivity index (χ1n) is 5.36. The van der Waals surface area contributed by atoms with Gasteiger partial charge in [-0.2, -0.15) is 10.2 Å². The molecule has 5 heteroatoms. The summed E-state index contributed by atoms with van der Waals surface area (Å²) in [4.78, 5) is 11.6. The highest BCUT2D eigenvalue weighted by molar-refractivity contribution is 6.28. The van der Waals surface area contributed by atoms with Crippen LogP contribution in [0, 0.1) is 12.8 Å². The number of amides is 1. The summed E-state index contributed by atoms with van der Waals surface area (Å²) >= 11 is 0. The number of carbonyl (C=O) groups is 1. The van der Waals surface area contributed by atoms with Gasteiger partial charge >= 0.3 is 0 Å². The van der Waals surface area contributed by atoms with Crippen LogP contribution in [0.1, 0.15) is 24.1 Å². The number of aromatic nitrogens is 2. The molecule has 1 saturated carbocycles. The second-order valence-corrected chi connectivity index (χ2v) is 4.20. The minimum absolute atomic E-state index is 0.109. The first-order valence-corrected chi connectivity index (χ1v) is 5.36. The highest BCUT2D eigenvalue weighted by atomic mass is 16.2. The maximum absolute atomic E-state index is 11.6. The van der Waals surface area contributed by atoms with Gasteiger partial charge in [0.25, 0.3) is 5.91 Å². The summed E-state index contributed by atoms with van der Waals surface area (Å²) in [6, 6.07) is 0. The Balaban J connectivity index is 1.98. The zero-order chi connectivity index (χ0) is 11.1. The Kier molecular flexibility index (Phi) is 1.92. The summed E-state index contributed by atoms with van der Waals surface area (Å²) in [5, 5.41) is 10.9. The van der Waals surface area contributed by atoms with Gasteiger partial charge in [0.05, 0.1) is 17.0 Å². The van der Waals surface area contributed by atoms with Crippen molar-refractivity contribution in [1.29, 1.82) is 0 Å². The van der Waals surface area contributed by atoms with Crippen molar-refractivity contribution in [3.63, 3.8) is 0 Å². The van der Waals surface area contributed by atoms with Gasteiger partial charge in [0.2, 0.25) is 0 Å². The highest BCUT2D eigenvalue weighted by Crippen LogP contribution is 2.35. The number of hydrazone groups is 1. The van der Waals surface area contributed by atoms with E-state index < -0.39 is 0 Å². The van der Waals surface area contributed by atoms with E-state index in [1.165, 1.54) is 0 Å². The number of nitrogens with zero attached hydrogens (tertiary/aromatic N) is 2. The Hall–Kier alpha value is -1.91. The molecule has 1 aliphatic heterocycles. The van der Waals surface area contributed by atoms with Crippen molar-refractivity contribution in [2.45, 2.75) is 19.8 Å². The van der Waals surface area contributed by atoms with Gasteiger partial charge in [-0.25, -0.2) is 5.43 Å². The quantitative estimate of drug-likeness (QED) is 0.724. The van der Waals surface area contributed by atoms with E-state index in [4.69, 9.17) is 0 Å². The van der Waals surface area contributed by atoms with E-state index in [1.807, 2.05) is 13.0 Å². The third kappa shape index (κ3) is 1.44. The predicted octanol–water partition coefficient (Wildman–Crippen LogP) is 0.997. The molecule has 1 aromatic heterocycles. The third-order valence-corrected chi connectivity index (χ3v) is 2.93. The summed E-state index contributed by atoms with van der Waals surface area (Å²) in [6.07, 6.45) is 5.92. The van der Waals surface area contributed by atoms with Gasteiger partial charge in [-0.3, -0.25) is 9.89 Å². The Bertz CT molecular complexity index is 508. The smallest absolute Gasteiger partial charge is 0.273 e. The Morgan fingerprint density at radius 1 is 1.50 bits per heavy atom. The molecular weight excluding hydrogens is 204 g/mol. The van der Waals surface area contributed by atoms with Gasteiger partial charge in [0, 0.05) is 17.7 Å². The van der Waals surface area contributed by atoms with E-state index in [9.17, 15) is 4.79 Å².